The van der Waals surface area contributed by atoms with E-state index in [9.17, 15) is 0 Å². The summed E-state index contributed by atoms with van der Waals surface area (Å²) in [5.41, 5.74) is 1.43. The van der Waals surface area contributed by atoms with Crippen LogP contribution in [0.4, 0.5) is 0 Å². The second kappa shape index (κ2) is 6.72. The predicted molar refractivity (Wildman–Crippen MR) is 80.5 cm³/mol. The van der Waals surface area contributed by atoms with Crippen molar-refractivity contribution < 1.29 is 0 Å². The lowest BCUT2D eigenvalue weighted by Gasteiger charge is -2.17. The van der Waals surface area contributed by atoms with Crippen LogP contribution in [0.2, 0.25) is 0 Å². The third-order valence-electron chi connectivity index (χ3n) is 3.16. The number of hydrogen-bond acceptors (Lipinski definition) is 2. The summed E-state index contributed by atoms with van der Waals surface area (Å²) in [6.45, 7) is 6.43. The van der Waals surface area contributed by atoms with Crippen molar-refractivity contribution in [3.05, 3.63) is 57.8 Å². The first-order valence-corrected chi connectivity index (χ1v) is 7.42. The Bertz CT molecular complexity index is 461. The predicted octanol–water partition coefficient (Wildman–Crippen LogP) is 3.99. The average molecular weight is 259 g/mol. The molecule has 1 N–H and O–H groups in total. The van der Waals surface area contributed by atoms with Crippen LogP contribution in [0.5, 0.6) is 0 Å². The first kappa shape index (κ1) is 13.3. The highest BCUT2D eigenvalue weighted by Crippen LogP contribution is 2.24. The van der Waals surface area contributed by atoms with E-state index in [0.29, 0.717) is 5.92 Å². The summed E-state index contributed by atoms with van der Waals surface area (Å²) in [5.74, 6) is 0.573. The molecule has 1 heterocycles. The Morgan fingerprint density at radius 3 is 2.50 bits per heavy atom. The molecule has 0 aliphatic heterocycles. The lowest BCUT2D eigenvalue weighted by molar-refractivity contribution is 0.598. The fourth-order valence-electron chi connectivity index (χ4n) is 2.19. The maximum atomic E-state index is 3.48. The summed E-state index contributed by atoms with van der Waals surface area (Å²) < 4.78 is 0. The minimum absolute atomic E-state index is 0.573. The van der Waals surface area contributed by atoms with Gasteiger partial charge in [0, 0.05) is 22.2 Å². The molecule has 0 saturated carbocycles. The molecular formula is C16H21NS. The number of aryl methyl sites for hydroxylation is 1. The minimum Gasteiger partial charge on any atom is -0.316 e. The Morgan fingerprint density at radius 1 is 1.11 bits per heavy atom. The molecule has 1 unspecified atom stereocenters. The molecule has 0 aliphatic carbocycles. The molecule has 2 aromatic rings. The molecule has 1 nitrogen and oxygen atoms in total. The molecule has 1 aromatic heterocycles. The fraction of sp³-hybridized carbons (Fsp3) is 0.375. The van der Waals surface area contributed by atoms with Crippen molar-refractivity contribution in [3.63, 3.8) is 0 Å². The highest BCUT2D eigenvalue weighted by molar-refractivity contribution is 7.11. The van der Waals surface area contributed by atoms with Crippen LogP contribution in [0.25, 0.3) is 0 Å². The molecule has 1 atom stereocenters. The Labute approximate surface area is 114 Å². The zero-order chi connectivity index (χ0) is 12.8. The van der Waals surface area contributed by atoms with Crippen molar-refractivity contribution in [1.29, 1.82) is 0 Å². The second-order valence-electron chi connectivity index (χ2n) is 4.63. The third kappa shape index (κ3) is 3.69. The summed E-state index contributed by atoms with van der Waals surface area (Å²) in [6, 6.07) is 15.3. The Hall–Kier alpha value is -1.12. The van der Waals surface area contributed by atoms with Crippen LogP contribution in [-0.4, -0.2) is 13.1 Å². The van der Waals surface area contributed by atoms with Crippen LogP contribution in [0.15, 0.2) is 42.5 Å². The summed E-state index contributed by atoms with van der Waals surface area (Å²) in [7, 11) is 0. The van der Waals surface area contributed by atoms with Crippen molar-refractivity contribution in [2.24, 2.45) is 0 Å². The van der Waals surface area contributed by atoms with E-state index in [1.54, 1.807) is 0 Å². The molecule has 2 rings (SSSR count). The molecular weight excluding hydrogens is 238 g/mol. The molecule has 0 spiro atoms. The van der Waals surface area contributed by atoms with Crippen LogP contribution in [0.3, 0.4) is 0 Å². The van der Waals surface area contributed by atoms with Crippen molar-refractivity contribution in [1.82, 2.24) is 5.32 Å². The number of likely N-dealkylation sites (N-methyl/N-ethyl adjacent to an activating group) is 1. The molecule has 0 aliphatic rings. The van der Waals surface area contributed by atoms with Gasteiger partial charge in [0.15, 0.2) is 0 Å². The van der Waals surface area contributed by atoms with Gasteiger partial charge in [-0.3, -0.25) is 0 Å². The maximum Gasteiger partial charge on any atom is 0.00546 e. The highest BCUT2D eigenvalue weighted by Gasteiger charge is 2.12. The van der Waals surface area contributed by atoms with E-state index >= 15 is 0 Å². The lowest BCUT2D eigenvalue weighted by Crippen LogP contribution is -2.22. The average Bonchev–Trinajstić information content (AvgIpc) is 2.81. The molecule has 1 aromatic carbocycles. The van der Waals surface area contributed by atoms with Gasteiger partial charge >= 0.3 is 0 Å². The van der Waals surface area contributed by atoms with Crippen LogP contribution >= 0.6 is 11.3 Å². The number of benzene rings is 1. The normalized spacial score (nSPS) is 12.6. The first-order chi connectivity index (χ1) is 8.79. The van der Waals surface area contributed by atoms with Crippen molar-refractivity contribution in [3.8, 4) is 0 Å². The second-order valence-corrected chi connectivity index (χ2v) is 6.00. The zero-order valence-corrected chi connectivity index (χ0v) is 12.0. The van der Waals surface area contributed by atoms with Crippen LogP contribution in [0, 0.1) is 6.92 Å². The fourth-order valence-corrected chi connectivity index (χ4v) is 3.16. The van der Waals surface area contributed by atoms with Crippen molar-refractivity contribution in [2.45, 2.75) is 26.2 Å². The number of rotatable bonds is 6. The van der Waals surface area contributed by atoms with Gasteiger partial charge in [0.05, 0.1) is 0 Å². The molecule has 96 valence electrons. The van der Waals surface area contributed by atoms with Gasteiger partial charge in [-0.15, -0.1) is 11.3 Å². The SMILES string of the molecule is CCNCC(Cc1ccc(C)s1)c1ccccc1. The van der Waals surface area contributed by atoms with E-state index in [-0.39, 0.29) is 0 Å². The quantitative estimate of drug-likeness (QED) is 0.827. The molecule has 2 heteroatoms. The van der Waals surface area contributed by atoms with E-state index in [1.807, 2.05) is 11.3 Å². The summed E-state index contributed by atoms with van der Waals surface area (Å²) in [4.78, 5) is 2.89. The van der Waals surface area contributed by atoms with E-state index in [1.165, 1.54) is 15.3 Å². The van der Waals surface area contributed by atoms with Crippen molar-refractivity contribution >= 4 is 11.3 Å². The molecule has 0 fully saturated rings. The number of hydrogen-bond donors (Lipinski definition) is 1. The van der Waals surface area contributed by atoms with Gasteiger partial charge in [-0.25, -0.2) is 0 Å². The van der Waals surface area contributed by atoms with Gasteiger partial charge in [0.1, 0.15) is 0 Å². The topological polar surface area (TPSA) is 12.0 Å². The van der Waals surface area contributed by atoms with E-state index in [4.69, 9.17) is 0 Å². The smallest absolute Gasteiger partial charge is 0.00546 e. The minimum atomic E-state index is 0.573. The molecule has 0 radical (unpaired) electrons. The Morgan fingerprint density at radius 2 is 1.89 bits per heavy atom. The molecule has 18 heavy (non-hydrogen) atoms. The summed E-state index contributed by atoms with van der Waals surface area (Å²) in [5, 5.41) is 3.48. The van der Waals surface area contributed by atoms with Crippen LogP contribution in [-0.2, 0) is 6.42 Å². The zero-order valence-electron chi connectivity index (χ0n) is 11.1. The monoisotopic (exact) mass is 259 g/mol. The van der Waals surface area contributed by atoms with Gasteiger partial charge in [0.25, 0.3) is 0 Å². The van der Waals surface area contributed by atoms with Gasteiger partial charge < -0.3 is 5.32 Å². The molecule has 0 amide bonds. The first-order valence-electron chi connectivity index (χ1n) is 6.60. The lowest BCUT2D eigenvalue weighted by atomic mass is 9.95. The van der Waals surface area contributed by atoms with Gasteiger partial charge in [-0.2, -0.15) is 0 Å². The largest absolute Gasteiger partial charge is 0.316 e. The summed E-state index contributed by atoms with van der Waals surface area (Å²) in [6.07, 6.45) is 1.13. The van der Waals surface area contributed by atoms with Gasteiger partial charge in [-0.05, 0) is 37.6 Å². The Balaban J connectivity index is 2.10. The van der Waals surface area contributed by atoms with Gasteiger partial charge in [0.2, 0.25) is 0 Å². The van der Waals surface area contributed by atoms with Gasteiger partial charge in [-0.1, -0.05) is 37.3 Å². The molecule has 0 saturated heterocycles. The summed E-state index contributed by atoms with van der Waals surface area (Å²) >= 11 is 1.92. The van der Waals surface area contributed by atoms with Crippen LogP contribution in [0.1, 0.15) is 28.2 Å². The third-order valence-corrected chi connectivity index (χ3v) is 4.18. The number of nitrogens with one attached hydrogen (secondary N) is 1. The van der Waals surface area contributed by atoms with E-state index in [0.717, 1.165) is 19.5 Å². The van der Waals surface area contributed by atoms with E-state index in [2.05, 4.69) is 61.6 Å². The number of thiophene rings is 1. The molecule has 0 bridgehead atoms. The highest BCUT2D eigenvalue weighted by atomic mass is 32.1. The van der Waals surface area contributed by atoms with E-state index < -0.39 is 0 Å². The standard InChI is InChI=1S/C16H21NS/c1-3-17-12-15(14-7-5-4-6-8-14)11-16-10-9-13(2)18-16/h4-10,15,17H,3,11-12H2,1-2H3. The maximum absolute atomic E-state index is 3.48. The van der Waals surface area contributed by atoms with Crippen LogP contribution < -0.4 is 5.32 Å². The van der Waals surface area contributed by atoms with Crippen molar-refractivity contribution in [2.75, 3.05) is 13.1 Å². The Kier molecular flexibility index (Phi) is 4.97.